The molecule has 0 aromatic heterocycles. The first-order chi connectivity index (χ1) is 17.5. The molecule has 1 fully saturated rings. The van der Waals surface area contributed by atoms with Gasteiger partial charge in [0.15, 0.2) is 0 Å². The zero-order valence-corrected chi connectivity index (χ0v) is 20.9. The topological polar surface area (TPSA) is 69.7 Å². The van der Waals surface area contributed by atoms with Gasteiger partial charge in [0.05, 0.1) is 22.7 Å². The molecule has 0 radical (unpaired) electrons. The maximum absolute atomic E-state index is 14.4. The zero-order chi connectivity index (χ0) is 26.9. The highest BCUT2D eigenvalue weighted by molar-refractivity contribution is 6.34. The average molecular weight is 540 g/mol. The Morgan fingerprint density at radius 2 is 1.76 bits per heavy atom. The van der Waals surface area contributed by atoms with E-state index in [1.54, 1.807) is 21.9 Å². The van der Waals surface area contributed by atoms with Gasteiger partial charge in [-0.3, -0.25) is 14.4 Å². The first-order valence-electron chi connectivity index (χ1n) is 11.9. The van der Waals surface area contributed by atoms with E-state index >= 15 is 0 Å². The molecule has 0 atom stereocenters. The third kappa shape index (κ3) is 5.89. The quantitative estimate of drug-likeness (QED) is 0.566. The summed E-state index contributed by atoms with van der Waals surface area (Å²) in [6.45, 7) is 3.35. The number of likely N-dealkylation sites (tertiary alicyclic amines) is 1. The highest BCUT2D eigenvalue weighted by Gasteiger charge is 2.35. The minimum Gasteiger partial charge on any atom is -0.343 e. The number of hydrogen-bond donors (Lipinski definition) is 1. The van der Waals surface area contributed by atoms with Gasteiger partial charge in [0.2, 0.25) is 17.7 Å². The summed E-state index contributed by atoms with van der Waals surface area (Å²) in [5.41, 5.74) is 0.0513. The summed E-state index contributed by atoms with van der Waals surface area (Å²) in [4.78, 5) is 40.8. The number of benzene rings is 2. The SMILES string of the molecule is CC(=O)N1CCC(C(=O)N2CCc3c(ccc(Cl)c3NC(=O)Cc3cccc(C(F)(F)F)c3F)C2)CC1. The molecule has 4 rings (SSSR count). The molecule has 0 aliphatic carbocycles. The Kier molecular flexibility index (Phi) is 7.77. The Morgan fingerprint density at radius 3 is 2.41 bits per heavy atom. The molecule has 11 heteroatoms. The second-order valence-electron chi connectivity index (χ2n) is 9.35. The fraction of sp³-hybridized carbons (Fsp3) is 0.423. The van der Waals surface area contributed by atoms with E-state index in [0.717, 1.165) is 23.3 Å². The Bertz CT molecular complexity index is 1230. The van der Waals surface area contributed by atoms with Crippen molar-refractivity contribution in [3.05, 3.63) is 63.4 Å². The third-order valence-corrected chi connectivity index (χ3v) is 7.27. The molecule has 37 heavy (non-hydrogen) atoms. The Hall–Kier alpha value is -3.14. The van der Waals surface area contributed by atoms with Crippen LogP contribution < -0.4 is 5.32 Å². The van der Waals surface area contributed by atoms with Gasteiger partial charge in [-0.2, -0.15) is 13.2 Å². The number of nitrogens with zero attached hydrogens (tertiary/aromatic N) is 2. The van der Waals surface area contributed by atoms with Crippen LogP contribution in [-0.4, -0.2) is 47.2 Å². The van der Waals surface area contributed by atoms with Crippen molar-refractivity contribution in [2.24, 2.45) is 5.92 Å². The fourth-order valence-corrected chi connectivity index (χ4v) is 5.17. The molecule has 2 heterocycles. The number of rotatable bonds is 4. The van der Waals surface area contributed by atoms with E-state index in [-0.39, 0.29) is 28.3 Å². The molecule has 1 N–H and O–H groups in total. The van der Waals surface area contributed by atoms with Crippen LogP contribution in [0.3, 0.4) is 0 Å². The van der Waals surface area contributed by atoms with Crippen LogP contribution in [0.2, 0.25) is 5.02 Å². The molecule has 2 aromatic rings. The maximum Gasteiger partial charge on any atom is 0.419 e. The van der Waals surface area contributed by atoms with Crippen LogP contribution in [0.1, 0.15) is 42.0 Å². The molecule has 0 saturated carbocycles. The van der Waals surface area contributed by atoms with E-state index in [9.17, 15) is 31.9 Å². The van der Waals surface area contributed by atoms with Gasteiger partial charge in [0.1, 0.15) is 5.82 Å². The minimum atomic E-state index is -4.87. The highest BCUT2D eigenvalue weighted by atomic mass is 35.5. The van der Waals surface area contributed by atoms with E-state index in [1.165, 1.54) is 6.92 Å². The predicted molar refractivity (Wildman–Crippen MR) is 129 cm³/mol. The molecule has 3 amide bonds. The second-order valence-corrected chi connectivity index (χ2v) is 9.76. The number of anilines is 1. The van der Waals surface area contributed by atoms with Crippen molar-refractivity contribution >= 4 is 35.0 Å². The molecular formula is C26H26ClF4N3O3. The number of carbonyl (C=O) groups is 3. The van der Waals surface area contributed by atoms with Crippen LogP contribution in [0.25, 0.3) is 0 Å². The van der Waals surface area contributed by atoms with E-state index in [4.69, 9.17) is 11.6 Å². The maximum atomic E-state index is 14.4. The van der Waals surface area contributed by atoms with E-state index in [1.807, 2.05) is 0 Å². The minimum absolute atomic E-state index is 0.0000456. The van der Waals surface area contributed by atoms with Crippen LogP contribution in [0.4, 0.5) is 23.2 Å². The molecule has 2 aromatic carbocycles. The smallest absolute Gasteiger partial charge is 0.343 e. The lowest BCUT2D eigenvalue weighted by molar-refractivity contribution is -0.140. The summed E-state index contributed by atoms with van der Waals surface area (Å²) in [6.07, 6.45) is -3.83. The summed E-state index contributed by atoms with van der Waals surface area (Å²) < 4.78 is 53.4. The van der Waals surface area contributed by atoms with Gasteiger partial charge in [-0.1, -0.05) is 29.8 Å². The van der Waals surface area contributed by atoms with Crippen molar-refractivity contribution in [3.63, 3.8) is 0 Å². The van der Waals surface area contributed by atoms with Gasteiger partial charge in [0.25, 0.3) is 0 Å². The lowest BCUT2D eigenvalue weighted by Crippen LogP contribution is -2.45. The Morgan fingerprint density at radius 1 is 1.05 bits per heavy atom. The van der Waals surface area contributed by atoms with Gasteiger partial charge in [-0.05, 0) is 48.1 Å². The van der Waals surface area contributed by atoms with Gasteiger partial charge in [-0.15, -0.1) is 0 Å². The predicted octanol–water partition coefficient (Wildman–Crippen LogP) is 4.82. The van der Waals surface area contributed by atoms with Crippen LogP contribution >= 0.6 is 11.6 Å². The lowest BCUT2D eigenvalue weighted by Gasteiger charge is -2.36. The molecular weight excluding hydrogens is 514 g/mol. The first kappa shape index (κ1) is 26.9. The molecule has 0 spiro atoms. The Balaban J connectivity index is 1.45. The number of alkyl halides is 3. The molecule has 0 unspecified atom stereocenters. The van der Waals surface area contributed by atoms with Crippen LogP contribution in [-0.2, 0) is 39.9 Å². The van der Waals surface area contributed by atoms with Crippen LogP contribution in [0, 0.1) is 11.7 Å². The number of amides is 3. The number of carbonyl (C=O) groups excluding carboxylic acids is 3. The van der Waals surface area contributed by atoms with E-state index < -0.39 is 29.9 Å². The monoisotopic (exact) mass is 539 g/mol. The first-order valence-corrected chi connectivity index (χ1v) is 12.3. The van der Waals surface area contributed by atoms with Gasteiger partial charge in [-0.25, -0.2) is 4.39 Å². The third-order valence-electron chi connectivity index (χ3n) is 6.95. The molecule has 2 aliphatic heterocycles. The molecule has 198 valence electrons. The summed E-state index contributed by atoms with van der Waals surface area (Å²) in [6, 6.07) is 6.18. The van der Waals surface area contributed by atoms with Gasteiger partial charge >= 0.3 is 6.18 Å². The fourth-order valence-electron chi connectivity index (χ4n) is 4.94. The molecule has 0 bridgehead atoms. The number of hydrogen-bond acceptors (Lipinski definition) is 3. The average Bonchev–Trinajstić information content (AvgIpc) is 2.85. The molecule has 2 aliphatic rings. The summed E-state index contributed by atoms with van der Waals surface area (Å²) in [7, 11) is 0. The number of halogens is 5. The largest absolute Gasteiger partial charge is 0.419 e. The van der Waals surface area contributed by atoms with Crippen molar-refractivity contribution in [2.75, 3.05) is 25.0 Å². The standard InChI is InChI=1S/C26H26ClF4N3O3/c1-15(35)33-10-7-16(8-11-33)25(37)34-12-9-19-18(14-34)5-6-21(27)24(19)32-22(36)13-17-3-2-4-20(23(17)28)26(29,30)31/h2-6,16H,7-14H2,1H3,(H,32,36). The highest BCUT2D eigenvalue weighted by Crippen LogP contribution is 2.35. The second kappa shape index (κ2) is 10.7. The summed E-state index contributed by atoms with van der Waals surface area (Å²) >= 11 is 6.33. The number of piperidine rings is 1. The number of nitrogens with one attached hydrogen (secondary N) is 1. The summed E-state index contributed by atoms with van der Waals surface area (Å²) in [5.74, 6) is -2.32. The zero-order valence-electron chi connectivity index (χ0n) is 20.1. The van der Waals surface area contributed by atoms with Crippen molar-refractivity contribution in [2.45, 2.75) is 45.3 Å². The van der Waals surface area contributed by atoms with E-state index in [0.29, 0.717) is 57.2 Å². The van der Waals surface area contributed by atoms with Crippen molar-refractivity contribution in [1.82, 2.24) is 9.80 Å². The summed E-state index contributed by atoms with van der Waals surface area (Å²) in [5, 5.41) is 2.88. The van der Waals surface area contributed by atoms with Crippen molar-refractivity contribution < 1.29 is 31.9 Å². The van der Waals surface area contributed by atoms with Gasteiger partial charge < -0.3 is 15.1 Å². The van der Waals surface area contributed by atoms with Crippen molar-refractivity contribution in [1.29, 1.82) is 0 Å². The normalized spacial score (nSPS) is 16.4. The molecule has 6 nitrogen and oxygen atoms in total. The van der Waals surface area contributed by atoms with E-state index in [2.05, 4.69) is 5.32 Å². The van der Waals surface area contributed by atoms with Crippen molar-refractivity contribution in [3.8, 4) is 0 Å². The van der Waals surface area contributed by atoms with Crippen LogP contribution in [0.15, 0.2) is 30.3 Å². The Labute approximate surface area is 216 Å². The lowest BCUT2D eigenvalue weighted by atomic mass is 9.92. The number of fused-ring (bicyclic) bond motifs is 1. The van der Waals surface area contributed by atoms with Gasteiger partial charge in [0, 0.05) is 39.0 Å². The molecule has 1 saturated heterocycles. The van der Waals surface area contributed by atoms with Crippen LogP contribution in [0.5, 0.6) is 0 Å².